The van der Waals surface area contributed by atoms with Crippen LogP contribution in [0.15, 0.2) is 0 Å². The van der Waals surface area contributed by atoms with Crippen LogP contribution in [0.3, 0.4) is 0 Å². The summed E-state index contributed by atoms with van der Waals surface area (Å²) in [5.74, 6) is 0. The van der Waals surface area contributed by atoms with E-state index in [1.54, 1.807) is 0 Å². The molecule has 1 aliphatic carbocycles. The molecule has 1 saturated carbocycles. The second kappa shape index (κ2) is 1.50. The van der Waals surface area contributed by atoms with Gasteiger partial charge >= 0.3 is 0 Å². The molecular formula is C7H13NO. The lowest BCUT2D eigenvalue weighted by Crippen LogP contribution is -2.30. The molecule has 52 valence electrons. The third-order valence-electron chi connectivity index (χ3n) is 2.87. The second-order valence-corrected chi connectivity index (χ2v) is 3.35. The number of aliphatic hydroxyl groups excluding tert-OH is 1. The summed E-state index contributed by atoms with van der Waals surface area (Å²) in [5.41, 5.74) is 0.250. The van der Waals surface area contributed by atoms with E-state index in [1.807, 2.05) is 0 Å². The van der Waals surface area contributed by atoms with Crippen molar-refractivity contribution in [3.8, 4) is 0 Å². The summed E-state index contributed by atoms with van der Waals surface area (Å²) in [5, 5.41) is 9.25. The zero-order chi connectivity index (χ0) is 6.48. The Morgan fingerprint density at radius 1 is 1.67 bits per heavy atom. The Labute approximate surface area is 55.5 Å². The predicted molar refractivity (Wildman–Crippen MR) is 35.2 cm³/mol. The molecule has 0 bridgehead atoms. The van der Waals surface area contributed by atoms with Crippen LogP contribution in [0.25, 0.3) is 0 Å². The highest BCUT2D eigenvalue weighted by molar-refractivity contribution is 5.14. The van der Waals surface area contributed by atoms with E-state index in [0.29, 0.717) is 0 Å². The highest BCUT2D eigenvalue weighted by atomic mass is 16.3. The standard InChI is InChI=1S/C7H13NO/c1-8-4-2-3-7(8)5-6(7)9/h6,9H,2-5H2,1H3. The minimum absolute atomic E-state index is 0.00926. The molecule has 1 spiro atoms. The molecule has 1 saturated heterocycles. The van der Waals surface area contributed by atoms with Gasteiger partial charge in [0.2, 0.25) is 0 Å². The summed E-state index contributed by atoms with van der Waals surface area (Å²) in [7, 11) is 2.11. The summed E-state index contributed by atoms with van der Waals surface area (Å²) in [6.45, 7) is 1.18. The molecule has 0 radical (unpaired) electrons. The van der Waals surface area contributed by atoms with Gasteiger partial charge in [-0.05, 0) is 32.9 Å². The fourth-order valence-electron chi connectivity index (χ4n) is 1.99. The molecule has 2 fully saturated rings. The number of nitrogens with zero attached hydrogens (tertiary/aromatic N) is 1. The Kier molecular flexibility index (Phi) is 0.945. The minimum atomic E-state index is -0.00926. The average Bonchev–Trinajstić information content (AvgIpc) is 2.29. The highest BCUT2D eigenvalue weighted by Gasteiger charge is 2.58. The van der Waals surface area contributed by atoms with Crippen LogP contribution in [-0.2, 0) is 0 Å². The number of hydrogen-bond donors (Lipinski definition) is 1. The summed E-state index contributed by atoms with van der Waals surface area (Å²) in [6, 6.07) is 0. The number of aliphatic hydroxyl groups is 1. The van der Waals surface area contributed by atoms with Crippen molar-refractivity contribution in [1.82, 2.24) is 4.90 Å². The fourth-order valence-corrected chi connectivity index (χ4v) is 1.99. The lowest BCUT2D eigenvalue weighted by atomic mass is 10.2. The smallest absolute Gasteiger partial charge is 0.0743 e. The predicted octanol–water partition coefficient (Wildman–Crippen LogP) is 0.215. The van der Waals surface area contributed by atoms with Crippen LogP contribution < -0.4 is 0 Å². The van der Waals surface area contributed by atoms with Gasteiger partial charge < -0.3 is 5.11 Å². The van der Waals surface area contributed by atoms with Crippen molar-refractivity contribution in [2.24, 2.45) is 0 Å². The molecule has 0 aromatic carbocycles. The molecule has 9 heavy (non-hydrogen) atoms. The van der Waals surface area contributed by atoms with Gasteiger partial charge in [-0.1, -0.05) is 0 Å². The summed E-state index contributed by atoms with van der Waals surface area (Å²) >= 11 is 0. The quantitative estimate of drug-likeness (QED) is 0.503. The van der Waals surface area contributed by atoms with Gasteiger partial charge in [0.25, 0.3) is 0 Å². The SMILES string of the molecule is CN1CCCC12CC2O. The van der Waals surface area contributed by atoms with Gasteiger partial charge in [-0.15, -0.1) is 0 Å². The summed E-state index contributed by atoms with van der Waals surface area (Å²) < 4.78 is 0. The third kappa shape index (κ3) is 0.578. The van der Waals surface area contributed by atoms with Gasteiger partial charge in [0, 0.05) is 5.54 Å². The van der Waals surface area contributed by atoms with Crippen molar-refractivity contribution in [2.75, 3.05) is 13.6 Å². The fraction of sp³-hybridized carbons (Fsp3) is 1.00. The Hall–Kier alpha value is -0.0800. The molecule has 2 atom stereocenters. The lowest BCUT2D eigenvalue weighted by Gasteiger charge is -2.17. The average molecular weight is 127 g/mol. The normalized spacial score (nSPS) is 50.7. The lowest BCUT2D eigenvalue weighted by molar-refractivity contribution is 0.178. The Morgan fingerprint density at radius 3 is 2.56 bits per heavy atom. The van der Waals surface area contributed by atoms with Gasteiger partial charge in [0.05, 0.1) is 6.10 Å². The first-order valence-electron chi connectivity index (χ1n) is 3.65. The first-order chi connectivity index (χ1) is 4.26. The minimum Gasteiger partial charge on any atom is -0.391 e. The Balaban J connectivity index is 2.12. The van der Waals surface area contributed by atoms with E-state index < -0.39 is 0 Å². The number of rotatable bonds is 0. The molecule has 2 heteroatoms. The van der Waals surface area contributed by atoms with Crippen molar-refractivity contribution in [1.29, 1.82) is 0 Å². The summed E-state index contributed by atoms with van der Waals surface area (Å²) in [6.07, 6.45) is 3.49. The molecular weight excluding hydrogens is 114 g/mol. The van der Waals surface area contributed by atoms with Gasteiger partial charge in [0.1, 0.15) is 0 Å². The Morgan fingerprint density at radius 2 is 2.33 bits per heavy atom. The molecule has 0 aromatic rings. The van der Waals surface area contributed by atoms with Crippen molar-refractivity contribution < 1.29 is 5.11 Å². The van der Waals surface area contributed by atoms with Crippen molar-refractivity contribution in [3.05, 3.63) is 0 Å². The molecule has 1 N–H and O–H groups in total. The molecule has 2 unspecified atom stereocenters. The van der Waals surface area contributed by atoms with E-state index in [2.05, 4.69) is 11.9 Å². The van der Waals surface area contributed by atoms with E-state index in [9.17, 15) is 5.11 Å². The molecule has 0 aromatic heterocycles. The number of likely N-dealkylation sites (tertiary alicyclic amines) is 1. The maximum atomic E-state index is 9.25. The van der Waals surface area contributed by atoms with Crippen LogP contribution in [0.1, 0.15) is 19.3 Å². The van der Waals surface area contributed by atoms with Crippen LogP contribution in [0.5, 0.6) is 0 Å². The monoisotopic (exact) mass is 127 g/mol. The van der Waals surface area contributed by atoms with E-state index in [1.165, 1.54) is 19.4 Å². The van der Waals surface area contributed by atoms with Gasteiger partial charge in [-0.2, -0.15) is 0 Å². The molecule has 2 rings (SSSR count). The van der Waals surface area contributed by atoms with Crippen molar-refractivity contribution >= 4 is 0 Å². The zero-order valence-electron chi connectivity index (χ0n) is 5.80. The zero-order valence-corrected chi connectivity index (χ0v) is 5.80. The molecule has 1 aliphatic heterocycles. The maximum Gasteiger partial charge on any atom is 0.0743 e. The van der Waals surface area contributed by atoms with E-state index in [0.717, 1.165) is 6.42 Å². The van der Waals surface area contributed by atoms with Crippen LogP contribution in [0, 0.1) is 0 Å². The van der Waals surface area contributed by atoms with Gasteiger partial charge in [-0.3, -0.25) is 4.90 Å². The molecule has 2 aliphatic rings. The number of likely N-dealkylation sites (N-methyl/N-ethyl adjacent to an activating group) is 1. The van der Waals surface area contributed by atoms with Crippen LogP contribution in [-0.4, -0.2) is 35.2 Å². The van der Waals surface area contributed by atoms with E-state index in [-0.39, 0.29) is 11.6 Å². The second-order valence-electron chi connectivity index (χ2n) is 3.35. The van der Waals surface area contributed by atoms with E-state index >= 15 is 0 Å². The number of hydrogen-bond acceptors (Lipinski definition) is 2. The van der Waals surface area contributed by atoms with Crippen LogP contribution in [0.2, 0.25) is 0 Å². The van der Waals surface area contributed by atoms with Crippen molar-refractivity contribution in [3.63, 3.8) is 0 Å². The third-order valence-corrected chi connectivity index (χ3v) is 2.87. The first kappa shape index (κ1) is 5.69. The summed E-state index contributed by atoms with van der Waals surface area (Å²) in [4.78, 5) is 2.30. The van der Waals surface area contributed by atoms with Crippen LogP contribution >= 0.6 is 0 Å². The largest absolute Gasteiger partial charge is 0.391 e. The van der Waals surface area contributed by atoms with Crippen LogP contribution in [0.4, 0.5) is 0 Å². The van der Waals surface area contributed by atoms with Gasteiger partial charge in [0.15, 0.2) is 0 Å². The van der Waals surface area contributed by atoms with E-state index in [4.69, 9.17) is 0 Å². The van der Waals surface area contributed by atoms with Crippen molar-refractivity contribution in [2.45, 2.75) is 30.9 Å². The molecule has 0 amide bonds. The Bertz CT molecular complexity index is 137. The maximum absolute atomic E-state index is 9.25. The topological polar surface area (TPSA) is 23.5 Å². The first-order valence-corrected chi connectivity index (χ1v) is 3.65. The molecule has 2 nitrogen and oxygen atoms in total. The highest BCUT2D eigenvalue weighted by Crippen LogP contribution is 2.48. The molecule has 1 heterocycles. The van der Waals surface area contributed by atoms with Gasteiger partial charge in [-0.25, -0.2) is 0 Å².